The topological polar surface area (TPSA) is 43.6 Å². The smallest absolute Gasteiger partial charge is 0.274 e. The third kappa shape index (κ3) is 3.16. The summed E-state index contributed by atoms with van der Waals surface area (Å²) in [7, 11) is 0. The third-order valence-corrected chi connectivity index (χ3v) is 6.38. The maximum Gasteiger partial charge on any atom is 0.274 e. The van der Waals surface area contributed by atoms with E-state index in [4.69, 9.17) is 4.74 Å². The van der Waals surface area contributed by atoms with Crippen LogP contribution in [0.3, 0.4) is 0 Å². The van der Waals surface area contributed by atoms with Crippen LogP contribution in [0.25, 0.3) is 22.1 Å². The van der Waals surface area contributed by atoms with Crippen molar-refractivity contribution in [2.24, 2.45) is 0 Å². The van der Waals surface area contributed by atoms with Crippen LogP contribution in [-0.2, 0) is 0 Å². The van der Waals surface area contributed by atoms with Crippen LogP contribution in [0.1, 0.15) is 5.56 Å². The number of hydrogen-bond acceptors (Lipinski definition) is 4. The van der Waals surface area contributed by atoms with Gasteiger partial charge < -0.3 is 4.74 Å². The highest BCUT2D eigenvalue weighted by molar-refractivity contribution is 14.1. The number of ether oxygens (including phenoxy) is 1. The molecule has 0 aliphatic rings. The highest BCUT2D eigenvalue weighted by atomic mass is 127. The first kappa shape index (κ1) is 17.9. The first-order valence-electron chi connectivity index (χ1n) is 7.73. The van der Waals surface area contributed by atoms with Crippen molar-refractivity contribution in [1.82, 2.24) is 9.38 Å². The molecule has 130 valence electrons. The number of rotatable bonds is 4. The van der Waals surface area contributed by atoms with Gasteiger partial charge in [0.2, 0.25) is 0 Å². The zero-order valence-corrected chi connectivity index (χ0v) is 18.5. The van der Waals surface area contributed by atoms with Gasteiger partial charge in [-0.25, -0.2) is 9.38 Å². The number of imidazole rings is 1. The summed E-state index contributed by atoms with van der Waals surface area (Å²) >= 11 is 5.91. The number of hydrogen-bond donors (Lipinski definition) is 0. The molecule has 0 N–H and O–H groups in total. The molecule has 4 aromatic rings. The van der Waals surface area contributed by atoms with Gasteiger partial charge in [-0.15, -0.1) is 0 Å². The Kier molecular flexibility index (Phi) is 5.02. The van der Waals surface area contributed by atoms with Gasteiger partial charge in [0.1, 0.15) is 12.4 Å². The lowest BCUT2D eigenvalue weighted by Crippen LogP contribution is -2.22. The van der Waals surface area contributed by atoms with E-state index in [0.29, 0.717) is 11.1 Å². The Morgan fingerprint density at radius 3 is 2.69 bits per heavy atom. The molecule has 0 atom stereocenters. The van der Waals surface area contributed by atoms with Gasteiger partial charge in [-0.1, -0.05) is 36.1 Å². The summed E-state index contributed by atoms with van der Waals surface area (Å²) < 4.78 is 10.1. The van der Waals surface area contributed by atoms with Crippen molar-refractivity contribution in [1.29, 1.82) is 0 Å². The van der Waals surface area contributed by atoms with E-state index in [1.54, 1.807) is 10.5 Å². The molecule has 0 radical (unpaired) electrons. The normalized spacial score (nSPS) is 12.2. The van der Waals surface area contributed by atoms with Crippen LogP contribution >= 0.6 is 56.5 Å². The Balaban J connectivity index is 1.85. The fourth-order valence-corrected chi connectivity index (χ4v) is 5.82. The van der Waals surface area contributed by atoms with Crippen LogP contribution < -0.4 is 14.8 Å². The Labute approximate surface area is 180 Å². The van der Waals surface area contributed by atoms with Crippen LogP contribution in [0.2, 0.25) is 0 Å². The largest absolute Gasteiger partial charge is 0.487 e. The summed E-state index contributed by atoms with van der Waals surface area (Å²) in [6.07, 6.45) is 3.64. The summed E-state index contributed by atoms with van der Waals surface area (Å²) in [4.78, 5) is 18.1. The molecule has 0 aliphatic heterocycles. The van der Waals surface area contributed by atoms with Gasteiger partial charge in [-0.3, -0.25) is 4.79 Å². The lowest BCUT2D eigenvalue weighted by molar-refractivity contribution is 0.358. The van der Waals surface area contributed by atoms with Crippen molar-refractivity contribution in [2.75, 3.05) is 6.61 Å². The first-order chi connectivity index (χ1) is 12.6. The van der Waals surface area contributed by atoms with Crippen LogP contribution in [-0.4, -0.2) is 16.0 Å². The van der Waals surface area contributed by atoms with Crippen molar-refractivity contribution in [2.45, 2.75) is 0 Å². The number of fused-ring (bicyclic) bond motifs is 3. The minimum atomic E-state index is -0.0318. The quantitative estimate of drug-likeness (QED) is 0.266. The van der Waals surface area contributed by atoms with Crippen LogP contribution in [0.4, 0.5) is 0 Å². The molecule has 7 heteroatoms. The lowest BCUT2D eigenvalue weighted by Gasteiger charge is -2.09. The Morgan fingerprint density at radius 1 is 1.23 bits per heavy atom. The number of benzene rings is 2. The van der Waals surface area contributed by atoms with E-state index in [1.165, 1.54) is 11.3 Å². The fraction of sp³-hybridized carbons (Fsp3) is 0.0526. The van der Waals surface area contributed by atoms with Gasteiger partial charge in [0.15, 0.2) is 4.96 Å². The van der Waals surface area contributed by atoms with Gasteiger partial charge in [0, 0.05) is 0 Å². The van der Waals surface area contributed by atoms with Crippen molar-refractivity contribution >= 4 is 78.6 Å². The predicted octanol–water partition coefficient (Wildman–Crippen LogP) is 4.23. The Hall–Kier alpha value is -1.46. The van der Waals surface area contributed by atoms with E-state index < -0.39 is 0 Å². The van der Waals surface area contributed by atoms with Crippen LogP contribution in [0, 0.1) is 7.14 Å². The average molecular weight is 586 g/mol. The molecule has 0 saturated heterocycles. The van der Waals surface area contributed by atoms with E-state index in [2.05, 4.69) is 56.7 Å². The number of nitrogens with zero attached hydrogens (tertiary/aromatic N) is 2. The number of halogens is 2. The Bertz CT molecular complexity index is 1240. The van der Waals surface area contributed by atoms with Crippen molar-refractivity contribution in [3.8, 4) is 5.75 Å². The molecule has 2 aromatic heterocycles. The van der Waals surface area contributed by atoms with E-state index >= 15 is 0 Å². The highest BCUT2D eigenvalue weighted by Gasteiger charge is 2.12. The second kappa shape index (κ2) is 7.28. The molecular weight excluding hydrogens is 574 g/mol. The van der Waals surface area contributed by atoms with E-state index in [1.807, 2.05) is 42.5 Å². The molecule has 4 rings (SSSR count). The van der Waals surface area contributed by atoms with Gasteiger partial charge in [0.05, 0.1) is 22.7 Å². The standard InChI is InChI=1S/C19H12I2N2O2S/c1-2-7-25-17-12(20)8-11(9-13(17)21)10-16-18(24)23-15-6-4-3-5-14(15)22-19(23)26-16/h2-6,8-10H,1,7H2/b16-10-. The zero-order chi connectivity index (χ0) is 18.3. The van der Waals surface area contributed by atoms with E-state index in [0.717, 1.165) is 34.4 Å². The molecule has 0 saturated carbocycles. The Morgan fingerprint density at radius 2 is 1.96 bits per heavy atom. The van der Waals surface area contributed by atoms with Gasteiger partial charge >= 0.3 is 0 Å². The minimum absolute atomic E-state index is 0.0318. The van der Waals surface area contributed by atoms with Gasteiger partial charge in [-0.2, -0.15) is 0 Å². The number of aromatic nitrogens is 2. The van der Waals surface area contributed by atoms with Crippen molar-refractivity contribution in [3.63, 3.8) is 0 Å². The summed E-state index contributed by atoms with van der Waals surface area (Å²) in [5, 5.41) is 0. The molecule has 0 fully saturated rings. The third-order valence-electron chi connectivity index (χ3n) is 3.81. The lowest BCUT2D eigenvalue weighted by atomic mass is 10.2. The average Bonchev–Trinajstić information content (AvgIpc) is 3.11. The summed E-state index contributed by atoms with van der Waals surface area (Å²) in [5.41, 5.74) is 2.63. The second-order valence-corrected chi connectivity index (χ2v) is 8.88. The number of para-hydroxylation sites is 2. The monoisotopic (exact) mass is 586 g/mol. The number of thiazole rings is 1. The molecule has 0 bridgehead atoms. The predicted molar refractivity (Wildman–Crippen MR) is 123 cm³/mol. The van der Waals surface area contributed by atoms with Gasteiger partial charge in [0.25, 0.3) is 5.56 Å². The zero-order valence-electron chi connectivity index (χ0n) is 13.4. The minimum Gasteiger partial charge on any atom is -0.487 e. The van der Waals surface area contributed by atoms with Crippen molar-refractivity contribution in [3.05, 3.63) is 76.6 Å². The SMILES string of the molecule is C=CCOc1c(I)cc(/C=c2\sc3nc4ccccc4n3c2=O)cc1I. The molecule has 26 heavy (non-hydrogen) atoms. The van der Waals surface area contributed by atoms with Crippen molar-refractivity contribution < 1.29 is 4.74 Å². The highest BCUT2D eigenvalue weighted by Crippen LogP contribution is 2.29. The molecule has 0 spiro atoms. The second-order valence-electron chi connectivity index (χ2n) is 5.55. The van der Waals surface area contributed by atoms with Crippen LogP contribution in [0.15, 0.2) is 53.8 Å². The maximum absolute atomic E-state index is 12.8. The molecule has 0 amide bonds. The fourth-order valence-electron chi connectivity index (χ4n) is 2.71. The van der Waals surface area contributed by atoms with Crippen LogP contribution in [0.5, 0.6) is 5.75 Å². The van der Waals surface area contributed by atoms with E-state index in [-0.39, 0.29) is 5.56 Å². The first-order valence-corrected chi connectivity index (χ1v) is 10.7. The summed E-state index contributed by atoms with van der Waals surface area (Å²) in [5.74, 6) is 0.845. The maximum atomic E-state index is 12.8. The summed E-state index contributed by atoms with van der Waals surface area (Å²) in [6.45, 7) is 4.14. The molecule has 4 nitrogen and oxygen atoms in total. The molecule has 0 aliphatic carbocycles. The summed E-state index contributed by atoms with van der Waals surface area (Å²) in [6, 6.07) is 11.7. The van der Waals surface area contributed by atoms with Gasteiger partial charge in [-0.05, 0) is 81.1 Å². The van der Waals surface area contributed by atoms with E-state index in [9.17, 15) is 4.79 Å². The molecular formula is C19H12I2N2O2S. The molecule has 2 heterocycles. The molecule has 2 aromatic carbocycles. The molecule has 0 unspecified atom stereocenters.